The van der Waals surface area contributed by atoms with E-state index >= 15 is 0 Å². The van der Waals surface area contributed by atoms with Gasteiger partial charge in [0, 0.05) is 17.1 Å². The smallest absolute Gasteiger partial charge is 0.340 e. The summed E-state index contributed by atoms with van der Waals surface area (Å²) in [6, 6.07) is 11.4. The summed E-state index contributed by atoms with van der Waals surface area (Å²) in [5.41, 5.74) is 10.8. The molecule has 2 aromatic carbocycles. The monoisotopic (exact) mass is 284 g/mol. The van der Waals surface area contributed by atoms with E-state index in [1.165, 1.54) is 0 Å². The number of hydrogen-bond acceptors (Lipinski definition) is 4. The molecule has 0 aromatic heterocycles. The quantitative estimate of drug-likeness (QED) is 0.662. The van der Waals surface area contributed by atoms with Crippen molar-refractivity contribution < 1.29 is 9.53 Å². The number of esters is 1. The minimum Gasteiger partial charge on any atom is -0.462 e. The fraction of sp³-hybridized carbons (Fsp3) is 0.235. The molecule has 0 heterocycles. The van der Waals surface area contributed by atoms with Gasteiger partial charge in [-0.2, -0.15) is 0 Å². The molecule has 0 bridgehead atoms. The van der Waals surface area contributed by atoms with E-state index < -0.39 is 5.97 Å². The lowest BCUT2D eigenvalue weighted by Gasteiger charge is -2.14. The van der Waals surface area contributed by atoms with Gasteiger partial charge < -0.3 is 15.8 Å². The van der Waals surface area contributed by atoms with Crippen molar-refractivity contribution in [2.75, 3.05) is 17.7 Å². The van der Waals surface area contributed by atoms with Gasteiger partial charge in [-0.25, -0.2) is 4.79 Å². The van der Waals surface area contributed by atoms with Gasteiger partial charge in [0.05, 0.1) is 12.2 Å². The zero-order valence-electron chi connectivity index (χ0n) is 12.6. The van der Waals surface area contributed by atoms with E-state index in [2.05, 4.69) is 5.32 Å². The van der Waals surface area contributed by atoms with Crippen molar-refractivity contribution in [3.8, 4) is 0 Å². The van der Waals surface area contributed by atoms with E-state index in [-0.39, 0.29) is 0 Å². The zero-order valence-corrected chi connectivity index (χ0v) is 12.6. The lowest BCUT2D eigenvalue weighted by Crippen LogP contribution is -2.08. The second-order valence-corrected chi connectivity index (χ2v) is 4.91. The zero-order chi connectivity index (χ0) is 15.4. The number of rotatable bonds is 4. The van der Waals surface area contributed by atoms with Gasteiger partial charge in [0.25, 0.3) is 0 Å². The number of nitrogen functional groups attached to an aromatic ring is 1. The maximum Gasteiger partial charge on any atom is 0.340 e. The molecule has 4 heteroatoms. The molecular formula is C17H20N2O2. The predicted octanol–water partition coefficient (Wildman–Crippen LogP) is 3.81. The number of nitrogens with one attached hydrogen (secondary N) is 1. The number of anilines is 3. The van der Waals surface area contributed by atoms with Crippen LogP contribution in [0.4, 0.5) is 17.1 Å². The Morgan fingerprint density at radius 2 is 1.86 bits per heavy atom. The highest BCUT2D eigenvalue weighted by Crippen LogP contribution is 2.26. The molecule has 2 rings (SSSR count). The van der Waals surface area contributed by atoms with Crippen LogP contribution in [-0.4, -0.2) is 12.6 Å². The Kier molecular flexibility index (Phi) is 4.48. The normalized spacial score (nSPS) is 10.2. The van der Waals surface area contributed by atoms with E-state index in [0.717, 1.165) is 22.5 Å². The Morgan fingerprint density at radius 1 is 1.19 bits per heavy atom. The van der Waals surface area contributed by atoms with Crippen LogP contribution in [-0.2, 0) is 4.74 Å². The summed E-state index contributed by atoms with van der Waals surface area (Å²) in [4.78, 5) is 11.9. The van der Waals surface area contributed by atoms with Gasteiger partial charge in [0.1, 0.15) is 0 Å². The number of benzene rings is 2. The fourth-order valence-electron chi connectivity index (χ4n) is 2.18. The van der Waals surface area contributed by atoms with Crippen LogP contribution >= 0.6 is 0 Å². The molecule has 3 N–H and O–H groups in total. The minimum atomic E-state index is -0.403. The lowest BCUT2D eigenvalue weighted by atomic mass is 10.1. The van der Waals surface area contributed by atoms with Crippen molar-refractivity contribution in [2.24, 2.45) is 0 Å². The molecule has 0 aliphatic rings. The Balaban J connectivity index is 2.33. The Hall–Kier alpha value is -2.49. The lowest BCUT2D eigenvalue weighted by molar-refractivity contribution is 0.0527. The molecule has 0 aliphatic carbocycles. The summed E-state index contributed by atoms with van der Waals surface area (Å²) in [6.07, 6.45) is 0. The summed E-state index contributed by atoms with van der Waals surface area (Å²) in [5, 5.41) is 3.34. The highest BCUT2D eigenvalue weighted by molar-refractivity contribution is 5.96. The second kappa shape index (κ2) is 6.31. The summed E-state index contributed by atoms with van der Waals surface area (Å²) in [5.74, 6) is -0.403. The molecular weight excluding hydrogens is 264 g/mol. The number of hydrogen-bond donors (Lipinski definition) is 2. The van der Waals surface area contributed by atoms with Crippen LogP contribution in [0.2, 0.25) is 0 Å². The third-order valence-corrected chi connectivity index (χ3v) is 3.30. The van der Waals surface area contributed by atoms with Crippen LogP contribution < -0.4 is 11.1 Å². The Morgan fingerprint density at radius 3 is 2.48 bits per heavy atom. The maximum absolute atomic E-state index is 11.9. The Labute approximate surface area is 124 Å². The number of ether oxygens (including phenoxy) is 1. The second-order valence-electron chi connectivity index (χ2n) is 4.91. The highest BCUT2D eigenvalue weighted by atomic mass is 16.5. The molecule has 21 heavy (non-hydrogen) atoms. The molecule has 2 aromatic rings. The maximum atomic E-state index is 11.9. The number of carbonyl (C=O) groups is 1. The van der Waals surface area contributed by atoms with Crippen LogP contribution in [0.1, 0.15) is 28.4 Å². The van der Waals surface area contributed by atoms with Crippen LogP contribution in [0, 0.1) is 13.8 Å². The molecule has 0 radical (unpaired) electrons. The van der Waals surface area contributed by atoms with Crippen LogP contribution in [0.15, 0.2) is 36.4 Å². The van der Waals surface area contributed by atoms with Gasteiger partial charge in [-0.1, -0.05) is 18.2 Å². The van der Waals surface area contributed by atoms with Crippen LogP contribution in [0.25, 0.3) is 0 Å². The molecule has 0 saturated carbocycles. The molecule has 0 aliphatic heterocycles. The summed E-state index contributed by atoms with van der Waals surface area (Å²) in [6.45, 7) is 6.18. The topological polar surface area (TPSA) is 64.3 Å². The molecule has 0 saturated heterocycles. The summed E-state index contributed by atoms with van der Waals surface area (Å²) >= 11 is 0. The van der Waals surface area contributed by atoms with E-state index in [1.54, 1.807) is 19.1 Å². The van der Waals surface area contributed by atoms with Crippen molar-refractivity contribution in [1.82, 2.24) is 0 Å². The molecule has 0 amide bonds. The first-order valence-electron chi connectivity index (χ1n) is 6.92. The largest absolute Gasteiger partial charge is 0.462 e. The van der Waals surface area contributed by atoms with Gasteiger partial charge in [0.15, 0.2) is 0 Å². The average Bonchev–Trinajstić information content (AvgIpc) is 2.45. The third-order valence-electron chi connectivity index (χ3n) is 3.30. The number of carbonyl (C=O) groups excluding carboxylic acids is 1. The average molecular weight is 284 g/mol. The van der Waals surface area contributed by atoms with E-state index in [0.29, 0.717) is 17.9 Å². The summed E-state index contributed by atoms with van der Waals surface area (Å²) < 4.78 is 5.01. The molecule has 0 fully saturated rings. The van der Waals surface area contributed by atoms with Crippen molar-refractivity contribution in [3.05, 3.63) is 53.1 Å². The standard InChI is InChI=1S/C17H20N2O2/c1-4-21-17(20)14-10-13(8-9-15(14)18)19-16-11(2)6-5-7-12(16)3/h5-10,19H,4,18H2,1-3H3. The number of para-hydroxylation sites is 1. The van der Waals surface area contributed by atoms with Gasteiger partial charge in [-0.15, -0.1) is 0 Å². The first-order valence-corrected chi connectivity index (χ1v) is 6.92. The van der Waals surface area contributed by atoms with Gasteiger partial charge in [0.2, 0.25) is 0 Å². The molecule has 0 atom stereocenters. The molecule has 110 valence electrons. The molecule has 0 spiro atoms. The van der Waals surface area contributed by atoms with Crippen molar-refractivity contribution in [3.63, 3.8) is 0 Å². The van der Waals surface area contributed by atoms with E-state index in [1.807, 2.05) is 38.1 Å². The van der Waals surface area contributed by atoms with E-state index in [9.17, 15) is 4.79 Å². The van der Waals surface area contributed by atoms with Crippen LogP contribution in [0.3, 0.4) is 0 Å². The van der Waals surface area contributed by atoms with Crippen LogP contribution in [0.5, 0.6) is 0 Å². The van der Waals surface area contributed by atoms with Crippen molar-refractivity contribution in [1.29, 1.82) is 0 Å². The van der Waals surface area contributed by atoms with Gasteiger partial charge in [-0.05, 0) is 50.1 Å². The fourth-order valence-corrected chi connectivity index (χ4v) is 2.18. The first-order chi connectivity index (χ1) is 10.0. The first kappa shape index (κ1) is 14.9. The summed E-state index contributed by atoms with van der Waals surface area (Å²) in [7, 11) is 0. The molecule has 0 unspecified atom stereocenters. The SMILES string of the molecule is CCOC(=O)c1cc(Nc2c(C)cccc2C)ccc1N. The predicted molar refractivity (Wildman–Crippen MR) is 86.0 cm³/mol. The van der Waals surface area contributed by atoms with Crippen molar-refractivity contribution >= 4 is 23.0 Å². The highest BCUT2D eigenvalue weighted by Gasteiger charge is 2.12. The third kappa shape index (κ3) is 3.34. The Bertz CT molecular complexity index is 646. The number of aryl methyl sites for hydroxylation is 2. The minimum absolute atomic E-state index is 0.326. The van der Waals surface area contributed by atoms with Gasteiger partial charge in [-0.3, -0.25) is 0 Å². The van der Waals surface area contributed by atoms with Crippen molar-refractivity contribution in [2.45, 2.75) is 20.8 Å². The van der Waals surface area contributed by atoms with Gasteiger partial charge >= 0.3 is 5.97 Å². The molecule has 4 nitrogen and oxygen atoms in total. The number of nitrogens with two attached hydrogens (primary N) is 1. The van der Waals surface area contributed by atoms with E-state index in [4.69, 9.17) is 10.5 Å².